The third kappa shape index (κ3) is 3.16. The van der Waals surface area contributed by atoms with Crippen molar-refractivity contribution in [2.45, 2.75) is 0 Å². The minimum atomic E-state index is -0.505. The lowest BCUT2D eigenvalue weighted by molar-refractivity contribution is -0.383. The van der Waals surface area contributed by atoms with Gasteiger partial charge in [0.15, 0.2) is 5.82 Å². The highest BCUT2D eigenvalue weighted by Crippen LogP contribution is 2.28. The van der Waals surface area contributed by atoms with Crippen molar-refractivity contribution in [3.8, 4) is 0 Å². The van der Waals surface area contributed by atoms with Gasteiger partial charge in [0, 0.05) is 45.0 Å². The van der Waals surface area contributed by atoms with Crippen LogP contribution in [-0.4, -0.2) is 39.6 Å². The van der Waals surface area contributed by atoms with E-state index in [9.17, 15) is 14.9 Å². The molecule has 0 atom stereocenters. The third-order valence-corrected chi connectivity index (χ3v) is 2.82. The quantitative estimate of drug-likeness (QED) is 0.684. The first-order valence-corrected chi connectivity index (χ1v) is 6.15. The fraction of sp³-hybridized carbons (Fsp3) is 0.231. The molecule has 21 heavy (non-hydrogen) atoms. The predicted octanol–water partition coefficient (Wildman–Crippen LogP) is 1.77. The Morgan fingerprint density at radius 3 is 2.62 bits per heavy atom. The van der Waals surface area contributed by atoms with Crippen LogP contribution in [0.15, 0.2) is 30.5 Å². The molecule has 2 aromatic rings. The molecular weight excluding hydrogens is 274 g/mol. The number of benzene rings is 1. The summed E-state index contributed by atoms with van der Waals surface area (Å²) in [4.78, 5) is 23.9. The van der Waals surface area contributed by atoms with Gasteiger partial charge in [-0.05, 0) is 12.1 Å². The predicted molar refractivity (Wildman–Crippen MR) is 77.6 cm³/mol. The molecule has 0 spiro atoms. The molecule has 1 N–H and O–H groups in total. The van der Waals surface area contributed by atoms with Crippen molar-refractivity contribution in [2.75, 3.05) is 19.4 Å². The number of amides is 1. The lowest BCUT2D eigenvalue weighted by Crippen LogP contribution is -2.21. The molecule has 2 rings (SSSR count). The van der Waals surface area contributed by atoms with Gasteiger partial charge in [0.05, 0.1) is 4.92 Å². The zero-order chi connectivity index (χ0) is 15.6. The molecule has 0 aliphatic carbocycles. The van der Waals surface area contributed by atoms with Crippen LogP contribution < -0.4 is 5.32 Å². The number of hydrogen-bond acceptors (Lipinski definition) is 5. The van der Waals surface area contributed by atoms with Crippen molar-refractivity contribution in [3.05, 3.63) is 46.1 Å². The van der Waals surface area contributed by atoms with Gasteiger partial charge in [-0.15, -0.1) is 0 Å². The van der Waals surface area contributed by atoms with Gasteiger partial charge < -0.3 is 10.2 Å². The normalized spacial score (nSPS) is 10.2. The third-order valence-electron chi connectivity index (χ3n) is 2.82. The topological polar surface area (TPSA) is 93.3 Å². The molecule has 0 aliphatic rings. The minimum absolute atomic E-state index is 0.115. The molecule has 0 fully saturated rings. The van der Waals surface area contributed by atoms with Gasteiger partial charge in [-0.25, -0.2) is 0 Å². The Balaban J connectivity index is 2.42. The fourth-order valence-electron chi connectivity index (χ4n) is 1.81. The molecule has 0 saturated heterocycles. The summed E-state index contributed by atoms with van der Waals surface area (Å²) < 4.78 is 1.57. The maximum absolute atomic E-state index is 11.9. The molecule has 0 radical (unpaired) electrons. The maximum Gasteiger partial charge on any atom is 0.292 e. The van der Waals surface area contributed by atoms with E-state index in [-0.39, 0.29) is 17.3 Å². The van der Waals surface area contributed by atoms with Crippen LogP contribution in [0.2, 0.25) is 0 Å². The van der Waals surface area contributed by atoms with E-state index >= 15 is 0 Å². The lowest BCUT2D eigenvalue weighted by atomic mass is 10.1. The van der Waals surface area contributed by atoms with E-state index < -0.39 is 4.92 Å². The van der Waals surface area contributed by atoms with Crippen LogP contribution in [0.25, 0.3) is 0 Å². The van der Waals surface area contributed by atoms with E-state index in [0.29, 0.717) is 11.4 Å². The number of nitro groups is 1. The fourth-order valence-corrected chi connectivity index (χ4v) is 1.81. The Bertz CT molecular complexity index is 693. The molecule has 8 nitrogen and oxygen atoms in total. The van der Waals surface area contributed by atoms with Gasteiger partial charge in [0.2, 0.25) is 0 Å². The Kier molecular flexibility index (Phi) is 3.88. The number of carbonyl (C=O) groups excluding carboxylic acids is 1. The molecular formula is C13H15N5O3. The first-order chi connectivity index (χ1) is 9.88. The number of hydrogen-bond donors (Lipinski definition) is 1. The summed E-state index contributed by atoms with van der Waals surface area (Å²) in [5.74, 6) is 0.240. The summed E-state index contributed by atoms with van der Waals surface area (Å²) in [6.45, 7) is 0. The van der Waals surface area contributed by atoms with Crippen molar-refractivity contribution in [2.24, 2.45) is 7.05 Å². The number of carbonyl (C=O) groups is 1. The van der Waals surface area contributed by atoms with E-state index in [1.807, 2.05) is 0 Å². The number of rotatable bonds is 4. The molecule has 110 valence electrons. The van der Waals surface area contributed by atoms with Gasteiger partial charge in [0.1, 0.15) is 5.69 Å². The van der Waals surface area contributed by atoms with Crippen molar-refractivity contribution < 1.29 is 9.72 Å². The number of anilines is 2. The minimum Gasteiger partial charge on any atom is -0.345 e. The lowest BCUT2D eigenvalue weighted by Gasteiger charge is -2.11. The monoisotopic (exact) mass is 289 g/mol. The van der Waals surface area contributed by atoms with Gasteiger partial charge in [-0.2, -0.15) is 5.10 Å². The summed E-state index contributed by atoms with van der Waals surface area (Å²) in [5, 5.41) is 18.0. The van der Waals surface area contributed by atoms with Gasteiger partial charge in [-0.3, -0.25) is 19.6 Å². The molecule has 1 amide bonds. The Morgan fingerprint density at radius 2 is 2.10 bits per heavy atom. The zero-order valence-corrected chi connectivity index (χ0v) is 11.9. The first kappa shape index (κ1) is 14.5. The van der Waals surface area contributed by atoms with E-state index in [2.05, 4.69) is 10.4 Å². The van der Waals surface area contributed by atoms with E-state index in [1.165, 1.54) is 23.1 Å². The number of nitro benzene ring substituents is 1. The highest BCUT2D eigenvalue weighted by molar-refractivity contribution is 5.95. The number of aromatic nitrogens is 2. The summed E-state index contributed by atoms with van der Waals surface area (Å²) >= 11 is 0. The van der Waals surface area contributed by atoms with Crippen LogP contribution in [0.1, 0.15) is 10.4 Å². The smallest absolute Gasteiger partial charge is 0.292 e. The highest BCUT2D eigenvalue weighted by Gasteiger charge is 2.18. The Labute approximate surface area is 121 Å². The van der Waals surface area contributed by atoms with Crippen LogP contribution >= 0.6 is 0 Å². The Hall–Kier alpha value is -2.90. The second kappa shape index (κ2) is 5.61. The van der Waals surface area contributed by atoms with Crippen LogP contribution in [-0.2, 0) is 7.05 Å². The zero-order valence-electron chi connectivity index (χ0n) is 11.9. The summed E-state index contributed by atoms with van der Waals surface area (Å²) in [6, 6.07) is 5.88. The first-order valence-electron chi connectivity index (χ1n) is 6.15. The number of aryl methyl sites for hydroxylation is 1. The number of nitrogens with one attached hydrogen (secondary N) is 1. The summed E-state index contributed by atoms with van der Waals surface area (Å²) in [5.41, 5.74) is 0.478. The molecule has 0 saturated carbocycles. The van der Waals surface area contributed by atoms with Crippen molar-refractivity contribution in [3.63, 3.8) is 0 Å². The molecule has 0 aliphatic heterocycles. The van der Waals surface area contributed by atoms with Crippen molar-refractivity contribution in [1.82, 2.24) is 14.7 Å². The standard InChI is InChI=1S/C13H15N5O3/c1-16(2)13(19)9-4-5-11(18(20)21)10(8-9)14-12-6-7-17(3)15-12/h4-8H,1-3H3,(H,14,15). The van der Waals surface area contributed by atoms with Crippen LogP contribution in [0.4, 0.5) is 17.2 Å². The van der Waals surface area contributed by atoms with Gasteiger partial charge in [-0.1, -0.05) is 0 Å². The molecule has 8 heteroatoms. The summed E-state index contributed by atoms with van der Waals surface area (Å²) in [6.07, 6.45) is 1.71. The molecule has 1 aromatic carbocycles. The molecule has 0 bridgehead atoms. The van der Waals surface area contributed by atoms with Crippen LogP contribution in [0.5, 0.6) is 0 Å². The molecule has 0 unspecified atom stereocenters. The van der Waals surface area contributed by atoms with E-state index in [0.717, 1.165) is 0 Å². The van der Waals surface area contributed by atoms with Crippen molar-refractivity contribution in [1.29, 1.82) is 0 Å². The Morgan fingerprint density at radius 1 is 1.38 bits per heavy atom. The SMILES string of the molecule is CN(C)C(=O)c1ccc([N+](=O)[O-])c(Nc2ccn(C)n2)c1. The maximum atomic E-state index is 11.9. The molecule has 1 aromatic heterocycles. The van der Waals surface area contributed by atoms with E-state index in [4.69, 9.17) is 0 Å². The second-order valence-electron chi connectivity index (χ2n) is 4.69. The summed E-state index contributed by atoms with van der Waals surface area (Å²) in [7, 11) is 4.98. The van der Waals surface area contributed by atoms with Crippen LogP contribution in [0.3, 0.4) is 0 Å². The van der Waals surface area contributed by atoms with Gasteiger partial charge in [0.25, 0.3) is 11.6 Å². The largest absolute Gasteiger partial charge is 0.345 e. The van der Waals surface area contributed by atoms with Crippen molar-refractivity contribution >= 4 is 23.1 Å². The van der Waals surface area contributed by atoms with Crippen LogP contribution in [0, 0.1) is 10.1 Å². The molecule has 1 heterocycles. The van der Waals surface area contributed by atoms with Gasteiger partial charge >= 0.3 is 0 Å². The average Bonchev–Trinajstić information content (AvgIpc) is 2.82. The number of nitrogens with zero attached hydrogens (tertiary/aromatic N) is 4. The average molecular weight is 289 g/mol. The highest BCUT2D eigenvalue weighted by atomic mass is 16.6. The second-order valence-corrected chi connectivity index (χ2v) is 4.69. The van der Waals surface area contributed by atoms with E-state index in [1.54, 1.807) is 38.1 Å².